The maximum atomic E-state index is 2.91. The van der Waals surface area contributed by atoms with Crippen molar-refractivity contribution in [3.05, 3.63) is 0 Å². The minimum absolute atomic E-state index is 0.736. The van der Waals surface area contributed by atoms with Crippen molar-refractivity contribution in [1.82, 2.24) is 9.36 Å². The summed E-state index contributed by atoms with van der Waals surface area (Å²) in [6.45, 7) is 21.5. The molecule has 3 nitrogen and oxygen atoms in total. The molecular weight excluding hydrogens is 341 g/mol. The van der Waals surface area contributed by atoms with Gasteiger partial charge in [0.25, 0.3) is 0 Å². The Bertz CT molecular complexity index is 236. The van der Waals surface area contributed by atoms with Crippen LogP contribution < -0.4 is 0 Å². The fourth-order valence-electron chi connectivity index (χ4n) is 3.05. The molecule has 1 aliphatic rings. The van der Waals surface area contributed by atoms with Crippen LogP contribution >= 0.6 is 0 Å². The number of nitrogens with zero attached hydrogens (tertiary/aromatic N) is 3. The van der Waals surface area contributed by atoms with Crippen LogP contribution in [0.15, 0.2) is 0 Å². The molecule has 1 heterocycles. The second-order valence-electron chi connectivity index (χ2n) is 6.45. The molecule has 0 spiro atoms. The molecule has 1 radical (unpaired) electrons. The molecule has 1 aliphatic heterocycles. The van der Waals surface area contributed by atoms with Crippen molar-refractivity contribution in [2.45, 2.75) is 61.1 Å². The van der Waals surface area contributed by atoms with Crippen molar-refractivity contribution in [1.29, 1.82) is 0 Å². The summed E-state index contributed by atoms with van der Waals surface area (Å²) in [5, 5.41) is 0. The van der Waals surface area contributed by atoms with Gasteiger partial charge in [0.1, 0.15) is 0 Å². The van der Waals surface area contributed by atoms with Gasteiger partial charge in [-0.2, -0.15) is 0 Å². The molecular formula is C15H34N3Sn. The molecule has 0 atom stereocenters. The molecule has 4 heteroatoms. The summed E-state index contributed by atoms with van der Waals surface area (Å²) in [4.78, 5) is 0. The molecule has 0 aliphatic carbocycles. The summed E-state index contributed by atoms with van der Waals surface area (Å²) in [5.41, 5.74) is 0. The normalized spacial score (nSPS) is 19.9. The molecule has 19 heavy (non-hydrogen) atoms. The predicted octanol–water partition coefficient (Wildman–Crippen LogP) is 2.98. The van der Waals surface area contributed by atoms with Gasteiger partial charge in [0, 0.05) is 0 Å². The van der Waals surface area contributed by atoms with E-state index in [1.54, 1.807) is 0 Å². The van der Waals surface area contributed by atoms with Crippen LogP contribution in [0.3, 0.4) is 0 Å². The zero-order valence-corrected chi connectivity index (χ0v) is 17.0. The Morgan fingerprint density at radius 3 is 1.58 bits per heavy atom. The Hall–Kier alpha value is 0.679. The van der Waals surface area contributed by atoms with Crippen molar-refractivity contribution in [2.75, 3.05) is 26.2 Å². The maximum absolute atomic E-state index is 2.91. The summed E-state index contributed by atoms with van der Waals surface area (Å²) in [6.07, 6.45) is 2.02. The van der Waals surface area contributed by atoms with Crippen molar-refractivity contribution >= 4 is 20.6 Å². The molecule has 0 amide bonds. The van der Waals surface area contributed by atoms with E-state index in [1.165, 1.54) is 32.6 Å². The van der Waals surface area contributed by atoms with E-state index in [-0.39, 0.29) is 0 Å². The second-order valence-corrected chi connectivity index (χ2v) is 13.3. The summed E-state index contributed by atoms with van der Waals surface area (Å²) in [5.74, 6) is 1.59. The summed E-state index contributed by atoms with van der Waals surface area (Å²) >= 11 is -1.68. The van der Waals surface area contributed by atoms with Crippen LogP contribution in [0.5, 0.6) is 0 Å². The average molecular weight is 375 g/mol. The van der Waals surface area contributed by atoms with Crippen molar-refractivity contribution in [3.63, 3.8) is 0 Å². The molecule has 0 N–H and O–H groups in total. The molecule has 0 saturated carbocycles. The number of rotatable bonds is 8. The molecule has 113 valence electrons. The zero-order chi connectivity index (χ0) is 14.6. The van der Waals surface area contributed by atoms with E-state index >= 15 is 0 Å². The van der Waals surface area contributed by atoms with Crippen molar-refractivity contribution in [3.8, 4) is 0 Å². The second kappa shape index (κ2) is 8.20. The summed E-state index contributed by atoms with van der Waals surface area (Å²) < 4.78 is 8.60. The van der Waals surface area contributed by atoms with E-state index in [1.807, 2.05) is 0 Å². The zero-order valence-electron chi connectivity index (χ0n) is 14.1. The summed E-state index contributed by atoms with van der Waals surface area (Å²) in [7, 11) is 0. The van der Waals surface area contributed by atoms with E-state index in [2.05, 4.69) is 57.8 Å². The van der Waals surface area contributed by atoms with Crippen molar-refractivity contribution in [2.24, 2.45) is 11.8 Å². The Balaban J connectivity index is 2.81. The minimum atomic E-state index is -1.68. The Labute approximate surface area is 129 Å². The van der Waals surface area contributed by atoms with Crippen LogP contribution in [0.2, 0.25) is 0 Å². The average Bonchev–Trinajstić information content (AvgIpc) is 2.33. The Morgan fingerprint density at radius 2 is 1.32 bits per heavy atom. The van der Waals surface area contributed by atoms with Gasteiger partial charge in [-0.3, -0.25) is 0 Å². The van der Waals surface area contributed by atoms with Crippen LogP contribution in [0.25, 0.3) is 0 Å². The number of hydrogen-bond acceptors (Lipinski definition) is 3. The fraction of sp³-hybridized carbons (Fsp3) is 1.00. The first-order valence-corrected chi connectivity index (χ1v) is 11.9. The fourth-order valence-corrected chi connectivity index (χ4v) is 13.6. The van der Waals surface area contributed by atoms with Crippen LogP contribution in [0.4, 0.5) is 0 Å². The number of hydrogen-bond donors (Lipinski definition) is 0. The molecule has 0 aromatic rings. The first-order chi connectivity index (χ1) is 8.96. The molecule has 0 aromatic carbocycles. The van der Waals surface area contributed by atoms with E-state index < -0.39 is 20.6 Å². The van der Waals surface area contributed by atoms with E-state index in [0.29, 0.717) is 0 Å². The third kappa shape index (κ3) is 4.32. The van der Waals surface area contributed by atoms with Gasteiger partial charge in [-0.15, -0.1) is 0 Å². The van der Waals surface area contributed by atoms with Gasteiger partial charge < -0.3 is 0 Å². The molecule has 1 fully saturated rings. The van der Waals surface area contributed by atoms with Crippen LogP contribution in [0.1, 0.15) is 54.9 Å². The molecule has 0 bridgehead atoms. The molecule has 1 rings (SSSR count). The van der Waals surface area contributed by atoms with Crippen LogP contribution in [0, 0.1) is 11.8 Å². The van der Waals surface area contributed by atoms with Gasteiger partial charge >= 0.3 is 129 Å². The Morgan fingerprint density at radius 1 is 0.895 bits per heavy atom. The van der Waals surface area contributed by atoms with E-state index in [4.69, 9.17) is 0 Å². The molecule has 0 aromatic heterocycles. The van der Waals surface area contributed by atoms with Gasteiger partial charge in [0.05, 0.1) is 0 Å². The Kier molecular flexibility index (Phi) is 7.65. The van der Waals surface area contributed by atoms with Gasteiger partial charge in [-0.25, -0.2) is 0 Å². The van der Waals surface area contributed by atoms with E-state index in [0.717, 1.165) is 18.0 Å². The quantitative estimate of drug-likeness (QED) is 0.604. The molecule has 0 unspecified atom stereocenters. The van der Waals surface area contributed by atoms with Crippen LogP contribution in [-0.2, 0) is 0 Å². The van der Waals surface area contributed by atoms with Crippen LogP contribution in [-0.4, -0.2) is 62.3 Å². The van der Waals surface area contributed by atoms with Gasteiger partial charge in [-0.05, 0) is 0 Å². The SMILES string of the molecule is CCC1[N](CC(C)C)[Sn]([N](CC)CC)[N]1CC(C)C. The van der Waals surface area contributed by atoms with Crippen molar-refractivity contribution < 1.29 is 0 Å². The first kappa shape index (κ1) is 17.7. The van der Waals surface area contributed by atoms with Gasteiger partial charge in [-0.1, -0.05) is 0 Å². The monoisotopic (exact) mass is 376 g/mol. The third-order valence-electron chi connectivity index (χ3n) is 3.77. The first-order valence-electron chi connectivity index (χ1n) is 8.11. The summed E-state index contributed by atoms with van der Waals surface area (Å²) in [6, 6.07) is 0. The molecule has 1 saturated heterocycles. The van der Waals surface area contributed by atoms with Gasteiger partial charge in [0.2, 0.25) is 0 Å². The predicted molar refractivity (Wildman–Crippen MR) is 85.8 cm³/mol. The topological polar surface area (TPSA) is 9.72 Å². The van der Waals surface area contributed by atoms with Gasteiger partial charge in [0.15, 0.2) is 0 Å². The van der Waals surface area contributed by atoms with E-state index in [9.17, 15) is 0 Å². The third-order valence-corrected chi connectivity index (χ3v) is 12.9. The standard InChI is InChI=1S/C11H24N2.C4H10N.Sn/c1-6-11(12-7-9(2)3)13-8-10(4)5;1-3-5-4-2;/h9-11H,6-8H2,1-5H3;3-4H2,1-2H3;/q-2;-1;+3.